The molecule has 0 fully saturated rings. The molecule has 0 spiro atoms. The van der Waals surface area contributed by atoms with Gasteiger partial charge in [0.1, 0.15) is 0 Å². The molecule has 3 nitrogen and oxygen atoms in total. The molecule has 0 saturated heterocycles. The van der Waals surface area contributed by atoms with Gasteiger partial charge in [0.25, 0.3) is 0 Å². The molecule has 0 aromatic carbocycles. The van der Waals surface area contributed by atoms with Crippen molar-refractivity contribution in [3.8, 4) is 0 Å². The summed E-state index contributed by atoms with van der Waals surface area (Å²) in [6, 6.07) is 0.671. The molecule has 1 atom stereocenters. The molecule has 1 aromatic heterocycles. The normalized spacial score (nSPS) is 12.9. The zero-order chi connectivity index (χ0) is 12.5. The fourth-order valence-electron chi connectivity index (χ4n) is 2.09. The summed E-state index contributed by atoms with van der Waals surface area (Å²) in [7, 11) is 0. The van der Waals surface area contributed by atoms with E-state index in [2.05, 4.69) is 37.4 Å². The average molecular weight is 237 g/mol. The molecule has 1 heterocycles. The van der Waals surface area contributed by atoms with Crippen LogP contribution in [0.15, 0.2) is 12.4 Å². The fraction of sp³-hybridized carbons (Fsp3) is 0.786. The van der Waals surface area contributed by atoms with Crippen LogP contribution in [-0.2, 0) is 13.0 Å². The van der Waals surface area contributed by atoms with Crippen molar-refractivity contribution in [1.82, 2.24) is 15.1 Å². The first-order valence-corrected chi connectivity index (χ1v) is 7.04. The number of hydrogen-bond acceptors (Lipinski definition) is 2. The Morgan fingerprint density at radius 1 is 1.24 bits per heavy atom. The number of nitrogens with zero attached hydrogens (tertiary/aromatic N) is 2. The maximum absolute atomic E-state index is 4.32. The van der Waals surface area contributed by atoms with Gasteiger partial charge in [0.15, 0.2) is 0 Å². The van der Waals surface area contributed by atoms with Gasteiger partial charge in [-0.2, -0.15) is 5.10 Å². The van der Waals surface area contributed by atoms with Crippen LogP contribution in [-0.4, -0.2) is 22.4 Å². The highest BCUT2D eigenvalue weighted by molar-refractivity contribution is 5.04. The molecule has 0 bridgehead atoms. The fourth-order valence-corrected chi connectivity index (χ4v) is 2.09. The quantitative estimate of drug-likeness (QED) is 0.715. The summed E-state index contributed by atoms with van der Waals surface area (Å²) in [6.45, 7) is 8.71. The number of aryl methyl sites for hydroxylation is 2. The lowest BCUT2D eigenvalue weighted by Gasteiger charge is -2.17. The van der Waals surface area contributed by atoms with E-state index < -0.39 is 0 Å². The topological polar surface area (TPSA) is 29.9 Å². The lowest BCUT2D eigenvalue weighted by Crippen LogP contribution is -2.30. The van der Waals surface area contributed by atoms with E-state index in [9.17, 15) is 0 Å². The number of rotatable bonds is 9. The Morgan fingerprint density at radius 2 is 2.06 bits per heavy atom. The molecular weight excluding hydrogens is 210 g/mol. The molecule has 1 N–H and O–H groups in total. The summed E-state index contributed by atoms with van der Waals surface area (Å²) < 4.78 is 2.00. The molecule has 0 aliphatic carbocycles. The first kappa shape index (κ1) is 14.2. The third kappa shape index (κ3) is 5.35. The van der Waals surface area contributed by atoms with E-state index in [1.165, 1.54) is 31.2 Å². The summed E-state index contributed by atoms with van der Waals surface area (Å²) in [4.78, 5) is 0. The highest BCUT2D eigenvalue weighted by Gasteiger charge is 2.07. The first-order valence-electron chi connectivity index (χ1n) is 7.04. The molecule has 98 valence electrons. The highest BCUT2D eigenvalue weighted by Crippen LogP contribution is 2.08. The summed E-state index contributed by atoms with van der Waals surface area (Å²) in [5.41, 5.74) is 1.37. The monoisotopic (exact) mass is 237 g/mol. The maximum atomic E-state index is 4.32. The first-order chi connectivity index (χ1) is 8.30. The Kier molecular flexibility index (Phi) is 6.94. The van der Waals surface area contributed by atoms with Crippen molar-refractivity contribution in [3.05, 3.63) is 18.0 Å². The van der Waals surface area contributed by atoms with Gasteiger partial charge in [0, 0.05) is 18.8 Å². The summed E-state index contributed by atoms with van der Waals surface area (Å²) in [5, 5.41) is 7.95. The molecule has 0 radical (unpaired) electrons. The van der Waals surface area contributed by atoms with Crippen LogP contribution >= 0.6 is 0 Å². The van der Waals surface area contributed by atoms with Gasteiger partial charge in [-0.1, -0.05) is 20.3 Å². The standard InChI is InChI=1S/C14H27N3/c1-4-7-14(15-10-5-2)9-8-13-11-16-17(6-3)12-13/h11-12,14-15H,4-10H2,1-3H3. The van der Waals surface area contributed by atoms with Gasteiger partial charge in [-0.05, 0) is 44.7 Å². The minimum atomic E-state index is 0.671. The Bertz CT molecular complexity index is 293. The van der Waals surface area contributed by atoms with Crippen molar-refractivity contribution < 1.29 is 0 Å². The molecule has 1 unspecified atom stereocenters. The van der Waals surface area contributed by atoms with E-state index in [1.54, 1.807) is 0 Å². The third-order valence-corrected chi connectivity index (χ3v) is 3.11. The smallest absolute Gasteiger partial charge is 0.0521 e. The second kappa shape index (κ2) is 8.29. The van der Waals surface area contributed by atoms with E-state index in [0.29, 0.717) is 6.04 Å². The summed E-state index contributed by atoms with van der Waals surface area (Å²) >= 11 is 0. The van der Waals surface area contributed by atoms with Gasteiger partial charge in [0.2, 0.25) is 0 Å². The van der Waals surface area contributed by atoms with Crippen LogP contribution in [0.2, 0.25) is 0 Å². The summed E-state index contributed by atoms with van der Waals surface area (Å²) in [5.74, 6) is 0. The van der Waals surface area contributed by atoms with Crippen LogP contribution in [0, 0.1) is 0 Å². The molecule has 17 heavy (non-hydrogen) atoms. The zero-order valence-electron chi connectivity index (χ0n) is 11.6. The number of aromatic nitrogens is 2. The van der Waals surface area contributed by atoms with Crippen LogP contribution in [0.5, 0.6) is 0 Å². The van der Waals surface area contributed by atoms with Crippen molar-refractivity contribution in [2.45, 2.75) is 65.5 Å². The van der Waals surface area contributed by atoms with Crippen LogP contribution in [0.4, 0.5) is 0 Å². The Balaban J connectivity index is 2.34. The van der Waals surface area contributed by atoms with Gasteiger partial charge in [-0.25, -0.2) is 0 Å². The molecule has 3 heteroatoms. The van der Waals surface area contributed by atoms with Crippen LogP contribution in [0.25, 0.3) is 0 Å². The van der Waals surface area contributed by atoms with Crippen molar-refractivity contribution in [1.29, 1.82) is 0 Å². The van der Waals surface area contributed by atoms with Crippen molar-refractivity contribution in [2.75, 3.05) is 6.54 Å². The molecule has 0 amide bonds. The van der Waals surface area contributed by atoms with E-state index in [0.717, 1.165) is 19.5 Å². The van der Waals surface area contributed by atoms with Gasteiger partial charge >= 0.3 is 0 Å². The lowest BCUT2D eigenvalue weighted by molar-refractivity contribution is 0.449. The van der Waals surface area contributed by atoms with E-state index in [4.69, 9.17) is 0 Å². The molecule has 1 rings (SSSR count). The minimum absolute atomic E-state index is 0.671. The summed E-state index contributed by atoms with van der Waals surface area (Å²) in [6.07, 6.45) is 10.3. The highest BCUT2D eigenvalue weighted by atomic mass is 15.3. The molecule has 0 saturated carbocycles. The second-order valence-corrected chi connectivity index (χ2v) is 4.68. The average Bonchev–Trinajstić information content (AvgIpc) is 2.80. The maximum Gasteiger partial charge on any atom is 0.0521 e. The Hall–Kier alpha value is -0.830. The van der Waals surface area contributed by atoms with E-state index in [1.807, 2.05) is 10.9 Å². The number of nitrogens with one attached hydrogen (secondary N) is 1. The van der Waals surface area contributed by atoms with Gasteiger partial charge in [-0.3, -0.25) is 4.68 Å². The van der Waals surface area contributed by atoms with Gasteiger partial charge < -0.3 is 5.32 Å². The van der Waals surface area contributed by atoms with Crippen LogP contribution in [0.1, 0.15) is 52.0 Å². The largest absolute Gasteiger partial charge is 0.314 e. The number of hydrogen-bond donors (Lipinski definition) is 1. The van der Waals surface area contributed by atoms with Crippen molar-refractivity contribution >= 4 is 0 Å². The van der Waals surface area contributed by atoms with Crippen LogP contribution < -0.4 is 5.32 Å². The molecule has 0 aliphatic rings. The molecule has 0 aliphatic heterocycles. The van der Waals surface area contributed by atoms with Gasteiger partial charge in [0.05, 0.1) is 6.20 Å². The lowest BCUT2D eigenvalue weighted by atomic mass is 10.0. The predicted molar refractivity (Wildman–Crippen MR) is 73.2 cm³/mol. The zero-order valence-corrected chi connectivity index (χ0v) is 11.6. The van der Waals surface area contributed by atoms with E-state index in [-0.39, 0.29) is 0 Å². The third-order valence-electron chi connectivity index (χ3n) is 3.11. The Labute approximate surface area is 106 Å². The predicted octanol–water partition coefficient (Wildman–Crippen LogP) is 3.00. The van der Waals surface area contributed by atoms with E-state index >= 15 is 0 Å². The molecule has 1 aromatic rings. The SMILES string of the molecule is CCCNC(CCC)CCc1cnn(CC)c1. The Morgan fingerprint density at radius 3 is 2.65 bits per heavy atom. The second-order valence-electron chi connectivity index (χ2n) is 4.68. The minimum Gasteiger partial charge on any atom is -0.314 e. The van der Waals surface area contributed by atoms with Gasteiger partial charge in [-0.15, -0.1) is 0 Å². The van der Waals surface area contributed by atoms with Crippen molar-refractivity contribution in [3.63, 3.8) is 0 Å². The van der Waals surface area contributed by atoms with Crippen LogP contribution in [0.3, 0.4) is 0 Å². The molecular formula is C14H27N3. The van der Waals surface area contributed by atoms with Crippen molar-refractivity contribution in [2.24, 2.45) is 0 Å².